The van der Waals surface area contributed by atoms with Gasteiger partial charge in [-0.2, -0.15) is 0 Å². The van der Waals surface area contributed by atoms with E-state index in [1.807, 2.05) is 24.3 Å². The van der Waals surface area contributed by atoms with E-state index in [2.05, 4.69) is 48.3 Å². The third kappa shape index (κ3) is 10.2. The molecule has 0 radical (unpaired) electrons. The molecule has 0 heterocycles. The molecule has 0 aliphatic rings. The molecule has 0 spiro atoms. The van der Waals surface area contributed by atoms with Crippen molar-refractivity contribution in [3.05, 3.63) is 35.4 Å². The Hall–Kier alpha value is -1.51. The Bertz CT molecular complexity index is 492. The molecule has 25 heavy (non-hydrogen) atoms. The fourth-order valence-electron chi connectivity index (χ4n) is 1.90. The summed E-state index contributed by atoms with van der Waals surface area (Å²) in [5.41, 5.74) is 13.9. The van der Waals surface area contributed by atoms with Crippen LogP contribution in [-0.4, -0.2) is 24.0 Å². The molecule has 2 atom stereocenters. The van der Waals surface area contributed by atoms with Crippen molar-refractivity contribution in [2.45, 2.75) is 65.7 Å². The van der Waals surface area contributed by atoms with E-state index in [-0.39, 0.29) is 24.0 Å². The van der Waals surface area contributed by atoms with Gasteiger partial charge < -0.3 is 22.1 Å². The topological polar surface area (TPSA) is 101 Å². The van der Waals surface area contributed by atoms with Gasteiger partial charge in [-0.25, -0.2) is 9.98 Å². The van der Waals surface area contributed by atoms with Crippen molar-refractivity contribution in [3.8, 4) is 0 Å². The van der Waals surface area contributed by atoms with Crippen LogP contribution in [0.5, 0.6) is 0 Å². The lowest BCUT2D eigenvalue weighted by Crippen LogP contribution is -2.38. The highest BCUT2D eigenvalue weighted by Gasteiger charge is 2.01. The van der Waals surface area contributed by atoms with Crippen molar-refractivity contribution in [1.29, 1.82) is 0 Å². The molecule has 1 aromatic carbocycles. The first-order valence-electron chi connectivity index (χ1n) is 8.65. The Morgan fingerprint density at radius 3 is 1.44 bits per heavy atom. The molecule has 2 unspecified atom stereocenters. The number of guanidine groups is 2. The van der Waals surface area contributed by atoms with Gasteiger partial charge in [-0.3, -0.25) is 0 Å². The number of nitrogens with zero attached hydrogens (tertiary/aromatic N) is 2. The maximum absolute atomic E-state index is 5.86. The number of nitrogens with one attached hydrogen (secondary N) is 2. The SMILES string of the molecule is CCC(C)NC(N)=NCc1ccc(CN=C(N)NC(C)CC)cc1.I. The van der Waals surface area contributed by atoms with Crippen LogP contribution in [0.3, 0.4) is 0 Å². The minimum absolute atomic E-state index is 0. The largest absolute Gasteiger partial charge is 0.370 e. The lowest BCUT2D eigenvalue weighted by Gasteiger charge is -2.12. The molecule has 0 fully saturated rings. The molecule has 0 saturated carbocycles. The number of rotatable bonds is 8. The Kier molecular flexibility index (Phi) is 12.0. The molecule has 0 aliphatic carbocycles. The summed E-state index contributed by atoms with van der Waals surface area (Å²) in [5.74, 6) is 0.976. The molecule has 0 amide bonds. The van der Waals surface area contributed by atoms with E-state index >= 15 is 0 Å². The predicted octanol–water partition coefficient (Wildman–Crippen LogP) is 2.71. The monoisotopic (exact) mass is 460 g/mol. The summed E-state index contributed by atoms with van der Waals surface area (Å²) in [6.07, 6.45) is 2.03. The maximum Gasteiger partial charge on any atom is 0.189 e. The van der Waals surface area contributed by atoms with E-state index in [0.29, 0.717) is 37.1 Å². The smallest absolute Gasteiger partial charge is 0.189 e. The molecule has 0 saturated heterocycles. The summed E-state index contributed by atoms with van der Waals surface area (Å²) >= 11 is 0. The second-order valence-electron chi connectivity index (χ2n) is 6.13. The highest BCUT2D eigenvalue weighted by atomic mass is 127. The van der Waals surface area contributed by atoms with E-state index in [4.69, 9.17) is 11.5 Å². The van der Waals surface area contributed by atoms with E-state index in [1.54, 1.807) is 0 Å². The van der Waals surface area contributed by atoms with Crippen LogP contribution < -0.4 is 22.1 Å². The number of benzene rings is 1. The number of hydrogen-bond acceptors (Lipinski definition) is 2. The third-order valence-electron chi connectivity index (χ3n) is 3.90. The summed E-state index contributed by atoms with van der Waals surface area (Å²) in [6, 6.07) is 8.85. The van der Waals surface area contributed by atoms with Crippen LogP contribution in [0.4, 0.5) is 0 Å². The van der Waals surface area contributed by atoms with Gasteiger partial charge in [0.15, 0.2) is 11.9 Å². The molecule has 142 valence electrons. The summed E-state index contributed by atoms with van der Waals surface area (Å²) < 4.78 is 0. The Morgan fingerprint density at radius 2 is 1.16 bits per heavy atom. The summed E-state index contributed by atoms with van der Waals surface area (Å²) in [6.45, 7) is 9.51. The Labute approximate surface area is 169 Å². The predicted molar refractivity (Wildman–Crippen MR) is 118 cm³/mol. The van der Waals surface area contributed by atoms with Gasteiger partial charge in [0.1, 0.15) is 0 Å². The van der Waals surface area contributed by atoms with Crippen LogP contribution in [-0.2, 0) is 13.1 Å². The molecule has 0 aliphatic heterocycles. The number of aliphatic imine (C=N–C) groups is 2. The van der Waals surface area contributed by atoms with E-state index < -0.39 is 0 Å². The Balaban J connectivity index is 0.00000576. The summed E-state index contributed by atoms with van der Waals surface area (Å²) in [7, 11) is 0. The van der Waals surface area contributed by atoms with Crippen molar-refractivity contribution in [2.24, 2.45) is 21.5 Å². The lowest BCUT2D eigenvalue weighted by molar-refractivity contribution is 0.636. The second kappa shape index (κ2) is 12.8. The first-order chi connectivity index (χ1) is 11.4. The van der Waals surface area contributed by atoms with E-state index in [9.17, 15) is 0 Å². The van der Waals surface area contributed by atoms with Gasteiger partial charge >= 0.3 is 0 Å². The fraction of sp³-hybridized carbons (Fsp3) is 0.556. The first kappa shape index (κ1) is 23.5. The number of halogens is 1. The zero-order valence-corrected chi connectivity index (χ0v) is 18.1. The van der Waals surface area contributed by atoms with Crippen LogP contribution >= 0.6 is 24.0 Å². The summed E-state index contributed by atoms with van der Waals surface area (Å²) in [5, 5.41) is 6.31. The van der Waals surface area contributed by atoms with Crippen molar-refractivity contribution < 1.29 is 0 Å². The van der Waals surface area contributed by atoms with E-state index in [0.717, 1.165) is 24.0 Å². The van der Waals surface area contributed by atoms with Crippen LogP contribution in [0.15, 0.2) is 34.3 Å². The highest BCUT2D eigenvalue weighted by Crippen LogP contribution is 2.07. The molecule has 7 heteroatoms. The minimum Gasteiger partial charge on any atom is -0.370 e. The fourth-order valence-corrected chi connectivity index (χ4v) is 1.90. The van der Waals surface area contributed by atoms with Gasteiger partial charge in [0, 0.05) is 12.1 Å². The Morgan fingerprint density at radius 1 is 0.840 bits per heavy atom. The standard InChI is InChI=1S/C18H32N6.HI/c1-5-13(3)23-17(19)21-11-15-7-9-16(10-8-15)12-22-18(20)24-14(4)6-2;/h7-10,13-14H,5-6,11-12H2,1-4H3,(H3,19,21,23)(H3,20,22,24);1H. The van der Waals surface area contributed by atoms with Crippen LogP contribution in [0.2, 0.25) is 0 Å². The number of hydrogen-bond donors (Lipinski definition) is 4. The first-order valence-corrected chi connectivity index (χ1v) is 8.65. The molecule has 1 aromatic rings. The zero-order chi connectivity index (χ0) is 17.9. The van der Waals surface area contributed by atoms with Crippen LogP contribution in [0, 0.1) is 0 Å². The highest BCUT2D eigenvalue weighted by molar-refractivity contribution is 14.0. The van der Waals surface area contributed by atoms with Crippen LogP contribution in [0.1, 0.15) is 51.7 Å². The average molecular weight is 460 g/mol. The molecule has 6 nitrogen and oxygen atoms in total. The third-order valence-corrected chi connectivity index (χ3v) is 3.90. The quantitative estimate of drug-likeness (QED) is 0.272. The van der Waals surface area contributed by atoms with Gasteiger partial charge in [0.25, 0.3) is 0 Å². The molecule has 1 rings (SSSR count). The van der Waals surface area contributed by atoms with Crippen LogP contribution in [0.25, 0.3) is 0 Å². The second-order valence-corrected chi connectivity index (χ2v) is 6.13. The molecular weight excluding hydrogens is 427 g/mol. The van der Waals surface area contributed by atoms with Crippen molar-refractivity contribution >= 4 is 35.9 Å². The van der Waals surface area contributed by atoms with Gasteiger partial charge in [-0.15, -0.1) is 24.0 Å². The average Bonchev–Trinajstić information content (AvgIpc) is 2.58. The van der Waals surface area contributed by atoms with Gasteiger partial charge in [-0.05, 0) is 37.8 Å². The normalized spacial score (nSPS) is 14.4. The van der Waals surface area contributed by atoms with Gasteiger partial charge in [-0.1, -0.05) is 38.1 Å². The molecule has 0 aromatic heterocycles. The van der Waals surface area contributed by atoms with Gasteiger partial charge in [0.2, 0.25) is 0 Å². The van der Waals surface area contributed by atoms with Crippen molar-refractivity contribution in [1.82, 2.24) is 10.6 Å². The maximum atomic E-state index is 5.86. The zero-order valence-electron chi connectivity index (χ0n) is 15.7. The minimum atomic E-state index is 0. The van der Waals surface area contributed by atoms with E-state index in [1.165, 1.54) is 0 Å². The van der Waals surface area contributed by atoms with Gasteiger partial charge in [0.05, 0.1) is 13.1 Å². The van der Waals surface area contributed by atoms with Crippen molar-refractivity contribution in [3.63, 3.8) is 0 Å². The molecular formula is C18H33IN6. The number of nitrogens with two attached hydrogens (primary N) is 2. The summed E-state index contributed by atoms with van der Waals surface area (Å²) in [4.78, 5) is 8.71. The lowest BCUT2D eigenvalue weighted by atomic mass is 10.1. The molecule has 0 bridgehead atoms. The molecule has 6 N–H and O–H groups in total. The van der Waals surface area contributed by atoms with Crippen molar-refractivity contribution in [2.75, 3.05) is 0 Å².